The zero-order valence-corrected chi connectivity index (χ0v) is 14.5. The van der Waals surface area contributed by atoms with Crippen LogP contribution in [0.15, 0.2) is 53.7 Å². The number of aromatic nitrogens is 1. The molecule has 0 aliphatic carbocycles. The van der Waals surface area contributed by atoms with Crippen molar-refractivity contribution >= 4 is 29.7 Å². The van der Waals surface area contributed by atoms with Gasteiger partial charge in [0.15, 0.2) is 0 Å². The van der Waals surface area contributed by atoms with Gasteiger partial charge in [-0.3, -0.25) is 10.1 Å². The number of amides is 3. The third-order valence-electron chi connectivity index (χ3n) is 3.21. The molecule has 7 nitrogen and oxygen atoms in total. The Balaban J connectivity index is 2.28. The van der Waals surface area contributed by atoms with Crippen LogP contribution in [0.3, 0.4) is 0 Å². The Bertz CT molecular complexity index is 767. The van der Waals surface area contributed by atoms with E-state index in [0.29, 0.717) is 10.6 Å². The summed E-state index contributed by atoms with van der Waals surface area (Å²) in [5.41, 5.74) is 0.704. The van der Waals surface area contributed by atoms with Gasteiger partial charge in [0.1, 0.15) is 5.03 Å². The van der Waals surface area contributed by atoms with Crippen LogP contribution < -0.4 is 10.6 Å². The fourth-order valence-electron chi connectivity index (χ4n) is 2.02. The predicted molar refractivity (Wildman–Crippen MR) is 93.2 cm³/mol. The second-order valence-electron chi connectivity index (χ2n) is 4.82. The molecule has 0 radical (unpaired) electrons. The number of benzene rings is 1. The van der Waals surface area contributed by atoms with Crippen molar-refractivity contribution in [1.29, 1.82) is 0 Å². The first-order valence-electron chi connectivity index (χ1n) is 7.34. The number of thioether (sulfide) groups is 1. The van der Waals surface area contributed by atoms with Gasteiger partial charge in [-0.25, -0.2) is 14.6 Å². The molecule has 2 rings (SSSR count). The molecule has 0 fully saturated rings. The highest BCUT2D eigenvalue weighted by atomic mass is 32.2. The van der Waals surface area contributed by atoms with E-state index in [1.807, 2.05) is 0 Å². The Hall–Kier alpha value is -2.87. The minimum absolute atomic E-state index is 0.253. The van der Waals surface area contributed by atoms with E-state index in [0.717, 1.165) is 0 Å². The van der Waals surface area contributed by atoms with Crippen molar-refractivity contribution in [3.63, 3.8) is 0 Å². The van der Waals surface area contributed by atoms with E-state index in [-0.39, 0.29) is 5.56 Å². The molecule has 1 aromatic carbocycles. The molecule has 8 heteroatoms. The van der Waals surface area contributed by atoms with E-state index in [9.17, 15) is 14.4 Å². The molecule has 0 unspecified atom stereocenters. The highest BCUT2D eigenvalue weighted by Crippen LogP contribution is 2.23. The summed E-state index contributed by atoms with van der Waals surface area (Å²) in [5.74, 6) is -1.44. The van der Waals surface area contributed by atoms with Crippen molar-refractivity contribution in [1.82, 2.24) is 15.6 Å². The summed E-state index contributed by atoms with van der Waals surface area (Å²) < 4.78 is 5.39. The second-order valence-corrected chi connectivity index (χ2v) is 5.62. The maximum Gasteiger partial charge on any atom is 0.342 e. The largest absolute Gasteiger partial charge is 0.444 e. The zero-order chi connectivity index (χ0) is 18.2. The predicted octanol–water partition coefficient (Wildman–Crippen LogP) is 2.16. The molecule has 25 heavy (non-hydrogen) atoms. The quantitative estimate of drug-likeness (QED) is 0.627. The normalized spacial score (nSPS) is 11.3. The lowest BCUT2D eigenvalue weighted by molar-refractivity contribution is -0.129. The molecule has 0 saturated carbocycles. The van der Waals surface area contributed by atoms with Crippen molar-refractivity contribution in [3.8, 4) is 0 Å². The minimum atomic E-state index is -1.26. The highest BCUT2D eigenvalue weighted by molar-refractivity contribution is 7.98. The van der Waals surface area contributed by atoms with Gasteiger partial charge >= 0.3 is 12.0 Å². The Morgan fingerprint density at radius 2 is 1.84 bits per heavy atom. The van der Waals surface area contributed by atoms with Crippen LogP contribution in [0.4, 0.5) is 4.79 Å². The van der Waals surface area contributed by atoms with Gasteiger partial charge < -0.3 is 10.1 Å². The molecule has 1 atom stereocenters. The second kappa shape index (κ2) is 8.84. The summed E-state index contributed by atoms with van der Waals surface area (Å²) in [6, 6.07) is 11.0. The third-order valence-corrected chi connectivity index (χ3v) is 3.93. The monoisotopic (exact) mass is 359 g/mol. The fraction of sp³-hybridized carbons (Fsp3) is 0.176. The number of pyridine rings is 1. The molecule has 0 aliphatic rings. The van der Waals surface area contributed by atoms with Crippen LogP contribution in [0.25, 0.3) is 0 Å². The first-order chi connectivity index (χ1) is 12.1. The average Bonchev–Trinajstić information content (AvgIpc) is 2.66. The minimum Gasteiger partial charge on any atom is -0.444 e. The van der Waals surface area contributed by atoms with E-state index in [2.05, 4.69) is 15.6 Å². The molecule has 1 heterocycles. The zero-order valence-electron chi connectivity index (χ0n) is 13.7. The summed E-state index contributed by atoms with van der Waals surface area (Å²) in [7, 11) is 1.38. The summed E-state index contributed by atoms with van der Waals surface area (Å²) >= 11 is 1.29. The molecule has 0 saturated heterocycles. The van der Waals surface area contributed by atoms with Gasteiger partial charge in [-0.15, -0.1) is 11.8 Å². The number of urea groups is 1. The molecule has 3 amide bonds. The lowest BCUT2D eigenvalue weighted by Crippen LogP contribution is -2.41. The summed E-state index contributed by atoms with van der Waals surface area (Å²) in [5, 5.41) is 4.90. The number of hydrogen-bond donors (Lipinski definition) is 2. The molecule has 0 spiro atoms. The first-order valence-corrected chi connectivity index (χ1v) is 8.56. The van der Waals surface area contributed by atoms with Crippen LogP contribution in [0.5, 0.6) is 0 Å². The maximum absolute atomic E-state index is 12.5. The van der Waals surface area contributed by atoms with Crippen molar-refractivity contribution in [2.45, 2.75) is 11.1 Å². The SMILES string of the molecule is CNC(=O)NC(=O)[C@H](OC(=O)c1cccnc1SC)c1ccccc1. The van der Waals surface area contributed by atoms with Crippen LogP contribution in [0, 0.1) is 0 Å². The van der Waals surface area contributed by atoms with E-state index >= 15 is 0 Å². The summed E-state index contributed by atoms with van der Waals surface area (Å²) in [6.07, 6.45) is 2.09. The van der Waals surface area contributed by atoms with Gasteiger partial charge in [-0.1, -0.05) is 30.3 Å². The van der Waals surface area contributed by atoms with Gasteiger partial charge in [0.2, 0.25) is 6.10 Å². The van der Waals surface area contributed by atoms with Gasteiger partial charge in [0.25, 0.3) is 5.91 Å². The smallest absolute Gasteiger partial charge is 0.342 e. The van der Waals surface area contributed by atoms with Crippen molar-refractivity contribution in [2.24, 2.45) is 0 Å². The summed E-state index contributed by atoms with van der Waals surface area (Å²) in [4.78, 5) is 40.4. The molecule has 1 aromatic heterocycles. The number of nitrogens with one attached hydrogen (secondary N) is 2. The molecule has 130 valence electrons. The Morgan fingerprint density at radius 3 is 2.48 bits per heavy atom. The van der Waals surface area contributed by atoms with Gasteiger partial charge in [-0.05, 0) is 18.4 Å². The van der Waals surface area contributed by atoms with Crippen molar-refractivity contribution in [3.05, 3.63) is 59.8 Å². The molecule has 2 N–H and O–H groups in total. The molecule has 0 aliphatic heterocycles. The molecule has 2 aromatic rings. The maximum atomic E-state index is 12.5. The van der Waals surface area contributed by atoms with Crippen LogP contribution in [-0.4, -0.2) is 36.2 Å². The van der Waals surface area contributed by atoms with Crippen LogP contribution in [0.2, 0.25) is 0 Å². The molecular formula is C17H17N3O4S. The lowest BCUT2D eigenvalue weighted by atomic mass is 10.1. The highest BCUT2D eigenvalue weighted by Gasteiger charge is 2.27. The standard InChI is InChI=1S/C17H17N3O4S/c1-18-17(23)20-14(21)13(11-7-4-3-5-8-11)24-16(22)12-9-6-10-19-15(12)25-2/h3-10,13H,1-2H3,(H2,18,20,21,23)/t13-/m1/s1. The van der Waals surface area contributed by atoms with Crippen LogP contribution in [-0.2, 0) is 9.53 Å². The fourth-order valence-corrected chi connectivity index (χ4v) is 2.56. The number of imide groups is 1. The van der Waals surface area contributed by atoms with Gasteiger partial charge in [-0.2, -0.15) is 0 Å². The number of rotatable bonds is 5. The molecular weight excluding hydrogens is 342 g/mol. The molecule has 0 bridgehead atoms. The van der Waals surface area contributed by atoms with Crippen molar-refractivity contribution < 1.29 is 19.1 Å². The third kappa shape index (κ3) is 4.80. The lowest BCUT2D eigenvalue weighted by Gasteiger charge is -2.18. The Morgan fingerprint density at radius 1 is 1.12 bits per heavy atom. The van der Waals surface area contributed by atoms with E-state index in [4.69, 9.17) is 4.74 Å². The number of ether oxygens (including phenoxy) is 1. The van der Waals surface area contributed by atoms with Gasteiger partial charge in [0.05, 0.1) is 5.56 Å². The van der Waals surface area contributed by atoms with E-state index < -0.39 is 24.0 Å². The van der Waals surface area contributed by atoms with Crippen LogP contribution >= 0.6 is 11.8 Å². The number of hydrogen-bond acceptors (Lipinski definition) is 6. The number of nitrogens with zero attached hydrogens (tertiary/aromatic N) is 1. The number of carbonyl (C=O) groups excluding carboxylic acids is 3. The first kappa shape index (κ1) is 18.5. The number of esters is 1. The topological polar surface area (TPSA) is 97.4 Å². The van der Waals surface area contributed by atoms with Gasteiger partial charge in [0, 0.05) is 18.8 Å². The van der Waals surface area contributed by atoms with Crippen LogP contribution in [0.1, 0.15) is 22.0 Å². The van der Waals surface area contributed by atoms with E-state index in [1.165, 1.54) is 18.8 Å². The Kier molecular flexibility index (Phi) is 6.53. The van der Waals surface area contributed by atoms with Crippen molar-refractivity contribution in [2.75, 3.05) is 13.3 Å². The average molecular weight is 359 g/mol. The number of carbonyl (C=O) groups is 3. The van der Waals surface area contributed by atoms with E-state index in [1.54, 1.807) is 54.9 Å². The summed E-state index contributed by atoms with van der Waals surface area (Å²) in [6.45, 7) is 0. The Labute approximate surface area is 149 Å².